The van der Waals surface area contributed by atoms with Gasteiger partial charge in [-0.2, -0.15) is 9.71 Å². The highest BCUT2D eigenvalue weighted by molar-refractivity contribution is 7.38. The number of methoxy groups -OCH3 is 3. The molecule has 0 radical (unpaired) electrons. The third-order valence-electron chi connectivity index (χ3n) is 11.6. The number of fused-ring (bicyclic) bond motifs is 1. The molecule has 1 aliphatic heterocycles. The zero-order valence-electron chi connectivity index (χ0n) is 39.1. The third-order valence-corrected chi connectivity index (χ3v) is 12.4. The van der Waals surface area contributed by atoms with Gasteiger partial charge in [-0.3, -0.25) is 24.5 Å². The molecule has 71 heavy (non-hydrogen) atoms. The van der Waals surface area contributed by atoms with Crippen molar-refractivity contribution in [3.8, 4) is 17.2 Å². The SMILES string of the molecule is COc1ccc(C(OC[C@H]2O[C@@H](n3cnc4c(=O)[nH]c(NC(=O)C(C)C)nc43)[C@H](OC(=O)c3ccccc3)[C@@H]2OC[P+](=O)OC(O)c2cc(OC)cc[n+]2[O-])(c2ccccc2)c2ccc(OC)cc2)cc1. The van der Waals surface area contributed by atoms with Gasteiger partial charge in [0.15, 0.2) is 29.7 Å². The Balaban J connectivity index is 1.24. The number of rotatable bonds is 20. The minimum absolute atomic E-state index is 0.0595. The summed E-state index contributed by atoms with van der Waals surface area (Å²) in [6, 6.07) is 34.8. The number of nitrogens with one attached hydrogen (secondary N) is 2. The molecule has 6 atom stereocenters. The first-order chi connectivity index (χ1) is 34.3. The van der Waals surface area contributed by atoms with Crippen LogP contribution in [0.3, 0.4) is 0 Å². The van der Waals surface area contributed by atoms with Gasteiger partial charge in [-0.25, -0.2) is 9.78 Å². The van der Waals surface area contributed by atoms with Gasteiger partial charge in [0.05, 0.1) is 45.9 Å². The Labute approximate surface area is 407 Å². The average Bonchev–Trinajstić information content (AvgIpc) is 3.97. The molecule has 3 aromatic heterocycles. The summed E-state index contributed by atoms with van der Waals surface area (Å²) in [5.41, 5.74) is -0.384. The highest BCUT2D eigenvalue weighted by Crippen LogP contribution is 2.44. The predicted octanol–water partition coefficient (Wildman–Crippen LogP) is 6.30. The number of amides is 1. The molecule has 20 nitrogen and oxygen atoms in total. The molecule has 2 unspecified atom stereocenters. The van der Waals surface area contributed by atoms with Crippen LogP contribution in [-0.2, 0) is 38.4 Å². The van der Waals surface area contributed by atoms with Gasteiger partial charge in [0.25, 0.3) is 23.9 Å². The van der Waals surface area contributed by atoms with Gasteiger partial charge in [0.1, 0.15) is 35.1 Å². The van der Waals surface area contributed by atoms with Gasteiger partial charge in [0.2, 0.25) is 11.9 Å². The number of benzene rings is 4. The smallest absolute Gasteiger partial charge is 0.540 e. The number of carbonyl (C=O) groups excluding carboxylic acids is 2. The van der Waals surface area contributed by atoms with Crippen LogP contribution in [0.2, 0.25) is 0 Å². The minimum Gasteiger partial charge on any atom is -0.618 e. The molecule has 7 aromatic rings. The number of aromatic amines is 1. The second-order valence-corrected chi connectivity index (χ2v) is 17.5. The Morgan fingerprint density at radius 2 is 1.48 bits per heavy atom. The summed E-state index contributed by atoms with van der Waals surface area (Å²) in [4.78, 5) is 51.8. The number of carbonyl (C=O) groups is 2. The van der Waals surface area contributed by atoms with Crippen molar-refractivity contribution in [2.45, 2.75) is 50.3 Å². The molecule has 0 saturated carbocycles. The predicted molar refractivity (Wildman–Crippen MR) is 255 cm³/mol. The summed E-state index contributed by atoms with van der Waals surface area (Å²) in [7, 11) is 1.55. The lowest BCUT2D eigenvalue weighted by molar-refractivity contribution is -0.622. The number of hydrogen-bond acceptors (Lipinski definition) is 16. The zero-order chi connectivity index (χ0) is 50.2. The Hall–Kier alpha value is -7.58. The van der Waals surface area contributed by atoms with Crippen LogP contribution in [0.1, 0.15) is 59.1 Å². The molecule has 0 bridgehead atoms. The number of nitrogens with zero attached hydrogens (tertiary/aromatic N) is 4. The van der Waals surface area contributed by atoms with E-state index in [0.717, 1.165) is 6.20 Å². The number of H-pyrrole nitrogens is 1. The Kier molecular flexibility index (Phi) is 15.5. The summed E-state index contributed by atoms with van der Waals surface area (Å²) in [5.74, 6) is -0.460. The maximum atomic E-state index is 14.1. The van der Waals surface area contributed by atoms with Crippen LogP contribution < -0.4 is 29.8 Å². The number of imidazole rings is 1. The number of aliphatic hydroxyl groups excluding tert-OH is 1. The van der Waals surface area contributed by atoms with Crippen LogP contribution in [-0.4, -0.2) is 89.1 Å². The molecule has 3 N–H and O–H groups in total. The highest BCUT2D eigenvalue weighted by atomic mass is 31.1. The molecular formula is C50H50N6O14P+. The van der Waals surface area contributed by atoms with E-state index >= 15 is 0 Å². The maximum absolute atomic E-state index is 14.1. The maximum Gasteiger partial charge on any atom is 0.540 e. The van der Waals surface area contributed by atoms with Crippen molar-refractivity contribution in [2.24, 2.45) is 5.92 Å². The fraction of sp³-hybridized carbons (Fsp3) is 0.280. The molecular weight excluding hydrogens is 940 g/mol. The van der Waals surface area contributed by atoms with E-state index in [2.05, 4.69) is 20.3 Å². The largest absolute Gasteiger partial charge is 0.618 e. The van der Waals surface area contributed by atoms with E-state index in [1.54, 1.807) is 82.7 Å². The van der Waals surface area contributed by atoms with Crippen LogP contribution in [0.4, 0.5) is 5.95 Å². The van der Waals surface area contributed by atoms with Gasteiger partial charge in [-0.05, 0) is 57.7 Å². The molecule has 1 aliphatic rings. The second kappa shape index (κ2) is 22.0. The van der Waals surface area contributed by atoms with E-state index in [4.69, 9.17) is 37.7 Å². The van der Waals surface area contributed by atoms with Crippen LogP contribution in [0, 0.1) is 11.1 Å². The van der Waals surface area contributed by atoms with Crippen molar-refractivity contribution in [1.29, 1.82) is 0 Å². The highest BCUT2D eigenvalue weighted by Gasteiger charge is 2.52. The van der Waals surface area contributed by atoms with Crippen LogP contribution >= 0.6 is 8.03 Å². The van der Waals surface area contributed by atoms with E-state index in [0.29, 0.717) is 32.9 Å². The van der Waals surface area contributed by atoms with Crippen molar-refractivity contribution < 1.29 is 61.7 Å². The standard InChI is InChI=1S/C50H49N6O14P/c1-30(2)44(57)53-49-52-43-40(45(58)54-49)51-28-55(43)46-42(69-47(59)31-12-8-6-9-13-31)41(66-29-71(62)70-48(60)38-26-37(65-5)24-25-56(38)61)39(68-46)27-67-50(32-14-10-7-11-15-32,33-16-20-35(63-3)21-17-33)34-18-22-36(64-4)23-19-34/h6-26,28,30,39,41-42,46,48,60H,27,29H2,1-5H3,(H-,52,53,54,57,58)/p+1/t39-,41-,42-,46-,48?/m1/s1. The van der Waals surface area contributed by atoms with Gasteiger partial charge < -0.3 is 43.5 Å². The molecule has 0 spiro atoms. The van der Waals surface area contributed by atoms with Gasteiger partial charge >= 0.3 is 14.0 Å². The lowest BCUT2D eigenvalue weighted by atomic mass is 9.80. The van der Waals surface area contributed by atoms with E-state index in [-0.39, 0.29) is 40.7 Å². The first-order valence-electron chi connectivity index (χ1n) is 22.2. The molecule has 4 aromatic carbocycles. The first-order valence-corrected chi connectivity index (χ1v) is 23.6. The number of esters is 1. The van der Waals surface area contributed by atoms with Crippen molar-refractivity contribution >= 4 is 37.0 Å². The number of pyridine rings is 1. The van der Waals surface area contributed by atoms with E-state index < -0.39 is 74.2 Å². The van der Waals surface area contributed by atoms with Gasteiger partial charge in [-0.15, -0.1) is 4.52 Å². The molecule has 1 saturated heterocycles. The molecule has 1 amide bonds. The summed E-state index contributed by atoms with van der Waals surface area (Å²) >= 11 is 0. The van der Waals surface area contributed by atoms with Crippen LogP contribution in [0.5, 0.6) is 17.2 Å². The van der Waals surface area contributed by atoms with Crippen molar-refractivity contribution in [3.05, 3.63) is 177 Å². The van der Waals surface area contributed by atoms with Crippen molar-refractivity contribution in [1.82, 2.24) is 19.5 Å². The van der Waals surface area contributed by atoms with Crippen molar-refractivity contribution in [3.63, 3.8) is 0 Å². The number of aliphatic hydroxyl groups is 1. The third kappa shape index (κ3) is 10.8. The van der Waals surface area contributed by atoms with E-state index in [9.17, 15) is 29.3 Å². The quantitative estimate of drug-likeness (QED) is 0.0189. The number of aromatic nitrogens is 5. The number of anilines is 1. The molecule has 0 aliphatic carbocycles. The molecule has 368 valence electrons. The van der Waals surface area contributed by atoms with Crippen LogP contribution in [0.25, 0.3) is 11.2 Å². The second-order valence-electron chi connectivity index (χ2n) is 16.4. The average molecular weight is 990 g/mol. The van der Waals surface area contributed by atoms with Gasteiger partial charge in [-0.1, -0.05) is 86.6 Å². The fourth-order valence-corrected chi connectivity index (χ4v) is 8.69. The molecule has 4 heterocycles. The lowest BCUT2D eigenvalue weighted by Gasteiger charge is -2.37. The Morgan fingerprint density at radius 1 is 0.873 bits per heavy atom. The molecule has 1 fully saturated rings. The molecule has 21 heteroatoms. The Bertz CT molecular complexity index is 2980. The fourth-order valence-electron chi connectivity index (χ4n) is 8.01. The summed E-state index contributed by atoms with van der Waals surface area (Å²) in [6.45, 7) is 3.01. The number of hydrogen-bond donors (Lipinski definition) is 3. The van der Waals surface area contributed by atoms with Crippen molar-refractivity contribution in [2.75, 3.05) is 39.6 Å². The zero-order valence-corrected chi connectivity index (χ0v) is 40.0. The monoisotopic (exact) mass is 989 g/mol. The van der Waals surface area contributed by atoms with Gasteiger partial charge in [0, 0.05) is 12.0 Å². The summed E-state index contributed by atoms with van der Waals surface area (Å²) in [5, 5.41) is 26.2. The Morgan fingerprint density at radius 3 is 2.08 bits per heavy atom. The van der Waals surface area contributed by atoms with E-state index in [1.165, 1.54) is 30.1 Å². The summed E-state index contributed by atoms with van der Waals surface area (Å²) < 4.78 is 63.9. The minimum atomic E-state index is -2.94. The van der Waals surface area contributed by atoms with E-state index in [1.807, 2.05) is 54.6 Å². The van der Waals surface area contributed by atoms with Crippen LogP contribution in [0.15, 0.2) is 139 Å². The number of ether oxygens (including phenoxy) is 7. The normalized spacial score (nSPS) is 17.4. The summed E-state index contributed by atoms with van der Waals surface area (Å²) in [6.07, 6.45) is -5.79. The topological polar surface area (TPSA) is 248 Å². The molecule has 8 rings (SSSR count). The lowest BCUT2D eigenvalue weighted by Crippen LogP contribution is -2.42. The first kappa shape index (κ1) is 49.8.